The van der Waals surface area contributed by atoms with E-state index in [1.54, 1.807) is 12.1 Å². The van der Waals surface area contributed by atoms with E-state index in [2.05, 4.69) is 4.90 Å². The maximum atomic E-state index is 13.5. The van der Waals surface area contributed by atoms with Crippen LogP contribution in [-0.4, -0.2) is 29.1 Å². The predicted molar refractivity (Wildman–Crippen MR) is 80.9 cm³/mol. The molecule has 21 heavy (non-hydrogen) atoms. The van der Waals surface area contributed by atoms with Crippen molar-refractivity contribution in [3.05, 3.63) is 34.6 Å². The molecule has 1 aliphatic heterocycles. The molecule has 0 radical (unpaired) electrons. The summed E-state index contributed by atoms with van der Waals surface area (Å²) in [6, 6.07) is 4.77. The molecule has 1 aliphatic rings. The van der Waals surface area contributed by atoms with Gasteiger partial charge < -0.3 is 5.11 Å². The number of piperidine rings is 1. The second-order valence-electron chi connectivity index (χ2n) is 5.90. The van der Waals surface area contributed by atoms with Crippen molar-refractivity contribution in [3.63, 3.8) is 0 Å². The molecule has 1 heterocycles. The Balaban J connectivity index is 2.09. The van der Waals surface area contributed by atoms with Crippen molar-refractivity contribution in [2.24, 2.45) is 5.41 Å². The summed E-state index contributed by atoms with van der Waals surface area (Å²) in [6.07, 6.45) is 3.13. The van der Waals surface area contributed by atoms with Gasteiger partial charge in [0.2, 0.25) is 0 Å². The standard InChI is InChI=1S/C16H21ClFNO2/c1-2-6-16(15(20)21)7-3-8-19(11-16)10-12-4-5-13(17)14(18)9-12/h4-5,9H,2-3,6-8,10-11H2,1H3,(H,20,21). The zero-order chi connectivity index (χ0) is 15.5. The Morgan fingerprint density at radius 2 is 2.29 bits per heavy atom. The van der Waals surface area contributed by atoms with Gasteiger partial charge in [-0.3, -0.25) is 9.69 Å². The van der Waals surface area contributed by atoms with Gasteiger partial charge in [0.25, 0.3) is 0 Å². The molecule has 2 rings (SSSR count). The summed E-state index contributed by atoms with van der Waals surface area (Å²) in [5.41, 5.74) is 0.174. The number of halogens is 2. The summed E-state index contributed by atoms with van der Waals surface area (Å²) in [4.78, 5) is 13.8. The average molecular weight is 314 g/mol. The summed E-state index contributed by atoms with van der Waals surface area (Å²) in [7, 11) is 0. The van der Waals surface area contributed by atoms with Crippen molar-refractivity contribution in [1.29, 1.82) is 0 Å². The number of rotatable bonds is 5. The third kappa shape index (κ3) is 3.74. The second kappa shape index (κ2) is 6.75. The third-order valence-corrected chi connectivity index (χ3v) is 4.53. The van der Waals surface area contributed by atoms with Gasteiger partial charge in [0, 0.05) is 13.1 Å². The molecule has 0 bridgehead atoms. The number of nitrogens with zero attached hydrogens (tertiary/aromatic N) is 1. The molecular weight excluding hydrogens is 293 g/mol. The maximum absolute atomic E-state index is 13.5. The Kier molecular flexibility index (Phi) is 5.22. The van der Waals surface area contributed by atoms with Crippen molar-refractivity contribution >= 4 is 17.6 Å². The molecule has 1 fully saturated rings. The van der Waals surface area contributed by atoms with Crippen molar-refractivity contribution in [3.8, 4) is 0 Å². The SMILES string of the molecule is CCCC1(C(=O)O)CCCN(Cc2ccc(Cl)c(F)c2)C1. The highest BCUT2D eigenvalue weighted by molar-refractivity contribution is 6.30. The van der Waals surface area contributed by atoms with Crippen LogP contribution >= 0.6 is 11.6 Å². The summed E-state index contributed by atoms with van der Waals surface area (Å²) in [6.45, 7) is 3.95. The van der Waals surface area contributed by atoms with Gasteiger partial charge in [0.05, 0.1) is 10.4 Å². The Morgan fingerprint density at radius 1 is 1.52 bits per heavy atom. The highest BCUT2D eigenvalue weighted by atomic mass is 35.5. The maximum Gasteiger partial charge on any atom is 0.310 e. The lowest BCUT2D eigenvalue weighted by molar-refractivity contribution is -0.153. The molecular formula is C16H21ClFNO2. The van der Waals surface area contributed by atoms with E-state index in [1.165, 1.54) is 6.07 Å². The van der Waals surface area contributed by atoms with Gasteiger partial charge in [0.15, 0.2) is 0 Å². The zero-order valence-electron chi connectivity index (χ0n) is 12.2. The first kappa shape index (κ1) is 16.2. The van der Waals surface area contributed by atoms with Crippen LogP contribution in [0.25, 0.3) is 0 Å². The highest BCUT2D eigenvalue weighted by Gasteiger charge is 2.41. The third-order valence-electron chi connectivity index (χ3n) is 4.23. The number of carbonyl (C=O) groups is 1. The fourth-order valence-electron chi connectivity index (χ4n) is 3.22. The van der Waals surface area contributed by atoms with Crippen molar-refractivity contribution in [2.45, 2.75) is 39.2 Å². The summed E-state index contributed by atoms with van der Waals surface area (Å²) in [5, 5.41) is 9.69. The molecule has 1 unspecified atom stereocenters. The molecule has 1 N–H and O–H groups in total. The molecule has 3 nitrogen and oxygen atoms in total. The average Bonchev–Trinajstić information content (AvgIpc) is 2.43. The Hall–Kier alpha value is -1.13. The zero-order valence-corrected chi connectivity index (χ0v) is 13.0. The van der Waals surface area contributed by atoms with Crippen LogP contribution in [0.2, 0.25) is 5.02 Å². The van der Waals surface area contributed by atoms with Gasteiger partial charge >= 0.3 is 5.97 Å². The number of likely N-dealkylation sites (tertiary alicyclic amines) is 1. The fraction of sp³-hybridized carbons (Fsp3) is 0.562. The first-order valence-electron chi connectivity index (χ1n) is 7.36. The van der Waals surface area contributed by atoms with Gasteiger partial charge in [-0.25, -0.2) is 4.39 Å². The Labute approximate surface area is 129 Å². The number of hydrogen-bond donors (Lipinski definition) is 1. The molecule has 1 aromatic rings. The van der Waals surface area contributed by atoms with E-state index >= 15 is 0 Å². The Morgan fingerprint density at radius 3 is 2.90 bits per heavy atom. The molecule has 0 aromatic heterocycles. The minimum atomic E-state index is -0.712. The quantitative estimate of drug-likeness (QED) is 0.895. The topological polar surface area (TPSA) is 40.5 Å². The second-order valence-corrected chi connectivity index (χ2v) is 6.31. The lowest BCUT2D eigenvalue weighted by Gasteiger charge is -2.40. The minimum absolute atomic E-state index is 0.114. The molecule has 0 amide bonds. The van der Waals surface area contributed by atoms with E-state index < -0.39 is 17.2 Å². The van der Waals surface area contributed by atoms with Crippen molar-refractivity contribution < 1.29 is 14.3 Å². The molecule has 0 spiro atoms. The van der Waals surface area contributed by atoms with Crippen LogP contribution in [0.4, 0.5) is 4.39 Å². The summed E-state index contributed by atoms with van der Waals surface area (Å²) in [5.74, 6) is -1.14. The highest BCUT2D eigenvalue weighted by Crippen LogP contribution is 2.35. The molecule has 5 heteroatoms. The Bertz CT molecular complexity index is 519. The van der Waals surface area contributed by atoms with E-state index in [0.717, 1.165) is 31.4 Å². The van der Waals surface area contributed by atoms with Crippen LogP contribution in [0, 0.1) is 11.2 Å². The van der Waals surface area contributed by atoms with Crippen LogP contribution in [0.1, 0.15) is 38.2 Å². The smallest absolute Gasteiger partial charge is 0.310 e. The van der Waals surface area contributed by atoms with Crippen molar-refractivity contribution in [1.82, 2.24) is 4.90 Å². The van der Waals surface area contributed by atoms with Crippen LogP contribution in [0.15, 0.2) is 18.2 Å². The minimum Gasteiger partial charge on any atom is -0.481 e. The lowest BCUT2D eigenvalue weighted by Crippen LogP contribution is -2.47. The van der Waals surface area contributed by atoms with E-state index in [-0.39, 0.29) is 5.02 Å². The van der Waals surface area contributed by atoms with E-state index in [0.29, 0.717) is 19.5 Å². The largest absolute Gasteiger partial charge is 0.481 e. The van der Waals surface area contributed by atoms with E-state index in [4.69, 9.17) is 11.6 Å². The monoisotopic (exact) mass is 313 g/mol. The number of hydrogen-bond acceptors (Lipinski definition) is 2. The van der Waals surface area contributed by atoms with Gasteiger partial charge in [-0.2, -0.15) is 0 Å². The summed E-state index contributed by atoms with van der Waals surface area (Å²) >= 11 is 5.69. The van der Waals surface area contributed by atoms with Crippen LogP contribution in [0.5, 0.6) is 0 Å². The van der Waals surface area contributed by atoms with Gasteiger partial charge in [-0.05, 0) is 43.5 Å². The van der Waals surface area contributed by atoms with Gasteiger partial charge in [-0.1, -0.05) is 31.0 Å². The number of carboxylic acid groups (broad SMARTS) is 1. The molecule has 0 saturated carbocycles. The number of benzene rings is 1. The molecule has 1 atom stereocenters. The lowest BCUT2D eigenvalue weighted by atomic mass is 9.76. The van der Waals surface area contributed by atoms with Crippen LogP contribution in [-0.2, 0) is 11.3 Å². The fourth-order valence-corrected chi connectivity index (χ4v) is 3.34. The predicted octanol–water partition coefficient (Wildman–Crippen LogP) is 3.95. The van der Waals surface area contributed by atoms with Crippen LogP contribution in [0.3, 0.4) is 0 Å². The number of carboxylic acids is 1. The first-order valence-corrected chi connectivity index (χ1v) is 7.74. The molecule has 116 valence electrons. The summed E-state index contributed by atoms with van der Waals surface area (Å²) < 4.78 is 13.5. The number of aliphatic carboxylic acids is 1. The van der Waals surface area contributed by atoms with Crippen molar-refractivity contribution in [2.75, 3.05) is 13.1 Å². The van der Waals surface area contributed by atoms with Gasteiger partial charge in [0.1, 0.15) is 5.82 Å². The molecule has 0 aliphatic carbocycles. The van der Waals surface area contributed by atoms with E-state index in [1.807, 2.05) is 6.92 Å². The normalized spacial score (nSPS) is 23.2. The van der Waals surface area contributed by atoms with Gasteiger partial charge in [-0.15, -0.1) is 0 Å². The first-order chi connectivity index (χ1) is 9.97. The molecule has 1 aromatic carbocycles. The van der Waals surface area contributed by atoms with E-state index in [9.17, 15) is 14.3 Å². The van der Waals surface area contributed by atoms with Crippen LogP contribution < -0.4 is 0 Å². The molecule has 1 saturated heterocycles.